The smallest absolute Gasteiger partial charge is 0.268 e. The molecule has 1 aromatic carbocycles. The monoisotopic (exact) mass is 415 g/mol. The van der Waals surface area contributed by atoms with Gasteiger partial charge < -0.3 is 9.57 Å². The molecular formula is C18H20Cl3N3O2. The van der Waals surface area contributed by atoms with Crippen molar-refractivity contribution in [1.82, 2.24) is 9.78 Å². The molecule has 0 bridgehead atoms. The molecule has 0 N–H and O–H groups in total. The number of aryl methyl sites for hydroxylation is 2. The zero-order valence-electron chi connectivity index (χ0n) is 15.2. The van der Waals surface area contributed by atoms with E-state index in [1.807, 2.05) is 33.0 Å². The Bertz CT molecular complexity index is 873. The van der Waals surface area contributed by atoms with Gasteiger partial charge in [-0.3, -0.25) is 4.68 Å². The van der Waals surface area contributed by atoms with Crippen molar-refractivity contribution in [3.63, 3.8) is 0 Å². The van der Waals surface area contributed by atoms with E-state index in [4.69, 9.17) is 44.4 Å². The lowest BCUT2D eigenvalue weighted by Gasteiger charge is -2.09. The third kappa shape index (κ3) is 4.17. The molecule has 0 unspecified atom stereocenters. The highest BCUT2D eigenvalue weighted by Gasteiger charge is 2.18. The minimum atomic E-state index is 0.150. The quantitative estimate of drug-likeness (QED) is 0.370. The first-order valence-corrected chi connectivity index (χ1v) is 9.01. The lowest BCUT2D eigenvalue weighted by Crippen LogP contribution is -2.02. The maximum absolute atomic E-state index is 6.53. The molecule has 0 saturated carbocycles. The Labute approximate surface area is 168 Å². The van der Waals surface area contributed by atoms with Crippen LogP contribution in [0.3, 0.4) is 0 Å². The summed E-state index contributed by atoms with van der Waals surface area (Å²) in [5.41, 5.74) is 4.22. The van der Waals surface area contributed by atoms with Crippen molar-refractivity contribution in [3.8, 4) is 11.3 Å². The first-order valence-electron chi connectivity index (χ1n) is 7.88. The van der Waals surface area contributed by atoms with Crippen LogP contribution in [0.25, 0.3) is 17.3 Å². The topological polar surface area (TPSA) is 48.6 Å². The van der Waals surface area contributed by atoms with E-state index in [9.17, 15) is 0 Å². The largest absolute Gasteiger partial charge is 0.478 e. The average Bonchev–Trinajstić information content (AvgIpc) is 2.88. The third-order valence-corrected chi connectivity index (χ3v) is 4.88. The molecule has 0 aliphatic carbocycles. The van der Waals surface area contributed by atoms with Crippen molar-refractivity contribution in [2.75, 3.05) is 14.2 Å². The van der Waals surface area contributed by atoms with Crippen LogP contribution in [0, 0.1) is 6.92 Å². The Morgan fingerprint density at radius 2 is 2.00 bits per heavy atom. The average molecular weight is 417 g/mol. The van der Waals surface area contributed by atoms with Gasteiger partial charge in [0.15, 0.2) is 0 Å². The summed E-state index contributed by atoms with van der Waals surface area (Å²) in [5.74, 6) is 0.150. The Balaban J connectivity index is 2.59. The highest BCUT2D eigenvalue weighted by atomic mass is 35.5. The maximum Gasteiger partial charge on any atom is 0.268 e. The van der Waals surface area contributed by atoms with E-state index in [1.54, 1.807) is 10.8 Å². The predicted octanol–water partition coefficient (Wildman–Crippen LogP) is 5.45. The predicted molar refractivity (Wildman–Crippen MR) is 108 cm³/mol. The molecule has 0 aliphatic heterocycles. The number of nitrogens with zero attached hydrogens (tertiary/aromatic N) is 3. The molecule has 0 fully saturated rings. The number of rotatable bonds is 5. The van der Waals surface area contributed by atoms with Gasteiger partial charge in [-0.05, 0) is 47.8 Å². The normalized spacial score (nSPS) is 12.5. The highest BCUT2D eigenvalue weighted by Crippen LogP contribution is 2.35. The van der Waals surface area contributed by atoms with Gasteiger partial charge in [0.05, 0.1) is 17.8 Å². The first-order chi connectivity index (χ1) is 12.3. The molecule has 1 heterocycles. The van der Waals surface area contributed by atoms with E-state index in [0.29, 0.717) is 21.3 Å². The van der Waals surface area contributed by atoms with Crippen LogP contribution in [0.2, 0.25) is 10.0 Å². The fraction of sp³-hybridized carbons (Fsp3) is 0.333. The summed E-state index contributed by atoms with van der Waals surface area (Å²) >= 11 is 19.2. The van der Waals surface area contributed by atoms with E-state index in [2.05, 4.69) is 10.3 Å². The molecule has 0 aliphatic rings. The minimum Gasteiger partial charge on any atom is -0.478 e. The Kier molecular flexibility index (Phi) is 6.98. The molecule has 0 spiro atoms. The number of hydrogen-bond donors (Lipinski definition) is 0. The zero-order valence-corrected chi connectivity index (χ0v) is 17.5. The second-order valence-electron chi connectivity index (χ2n) is 5.55. The Morgan fingerprint density at radius 1 is 1.31 bits per heavy atom. The Morgan fingerprint density at radius 3 is 2.54 bits per heavy atom. The van der Waals surface area contributed by atoms with Crippen LogP contribution in [0.1, 0.15) is 23.7 Å². The Hall–Kier alpha value is -1.69. The second kappa shape index (κ2) is 8.80. The van der Waals surface area contributed by atoms with Crippen LogP contribution in [0.15, 0.2) is 22.3 Å². The third-order valence-electron chi connectivity index (χ3n) is 3.89. The number of halogens is 3. The molecule has 2 aromatic rings. The number of benzene rings is 1. The van der Waals surface area contributed by atoms with Crippen LogP contribution >= 0.6 is 34.8 Å². The summed E-state index contributed by atoms with van der Waals surface area (Å²) in [7, 11) is 4.74. The lowest BCUT2D eigenvalue weighted by atomic mass is 10.0. The second-order valence-corrected chi connectivity index (χ2v) is 6.74. The van der Waals surface area contributed by atoms with Crippen LogP contribution in [-0.2, 0) is 23.0 Å². The van der Waals surface area contributed by atoms with Gasteiger partial charge in [0.1, 0.15) is 17.8 Å². The van der Waals surface area contributed by atoms with Gasteiger partial charge in [-0.25, -0.2) is 0 Å². The van der Waals surface area contributed by atoms with E-state index in [0.717, 1.165) is 23.2 Å². The van der Waals surface area contributed by atoms with Crippen molar-refractivity contribution in [1.29, 1.82) is 0 Å². The van der Waals surface area contributed by atoms with Crippen molar-refractivity contribution in [3.05, 3.63) is 44.0 Å². The molecule has 0 radical (unpaired) electrons. The van der Waals surface area contributed by atoms with Crippen molar-refractivity contribution < 1.29 is 9.57 Å². The highest BCUT2D eigenvalue weighted by molar-refractivity contribution is 6.44. The summed E-state index contributed by atoms with van der Waals surface area (Å²) in [5, 5.41) is 9.72. The van der Waals surface area contributed by atoms with Gasteiger partial charge in [0.25, 0.3) is 5.90 Å². The molecule has 2 rings (SSSR count). The van der Waals surface area contributed by atoms with Gasteiger partial charge in [-0.2, -0.15) is 5.10 Å². The summed E-state index contributed by atoms with van der Waals surface area (Å²) in [6.45, 7) is 4.00. The van der Waals surface area contributed by atoms with Crippen molar-refractivity contribution >= 4 is 46.8 Å². The van der Waals surface area contributed by atoms with Crippen molar-refractivity contribution in [2.45, 2.75) is 20.3 Å². The van der Waals surface area contributed by atoms with E-state index in [1.165, 1.54) is 14.2 Å². The van der Waals surface area contributed by atoms with Gasteiger partial charge in [0, 0.05) is 17.6 Å². The number of hydrogen-bond acceptors (Lipinski definition) is 4. The summed E-state index contributed by atoms with van der Waals surface area (Å²) in [6.07, 6.45) is 2.45. The van der Waals surface area contributed by atoms with E-state index < -0.39 is 0 Å². The van der Waals surface area contributed by atoms with Crippen LogP contribution in [0.5, 0.6) is 0 Å². The molecule has 1 aromatic heterocycles. The first kappa shape index (κ1) is 20.6. The molecule has 5 nitrogen and oxygen atoms in total. The summed E-state index contributed by atoms with van der Waals surface area (Å²) < 4.78 is 6.89. The zero-order chi connectivity index (χ0) is 19.4. The number of oxime groups is 1. The van der Waals surface area contributed by atoms with E-state index in [-0.39, 0.29) is 10.9 Å². The van der Waals surface area contributed by atoms with Crippen LogP contribution in [0.4, 0.5) is 0 Å². The fourth-order valence-electron chi connectivity index (χ4n) is 2.60. The van der Waals surface area contributed by atoms with Crippen LogP contribution < -0.4 is 0 Å². The van der Waals surface area contributed by atoms with Gasteiger partial charge in [-0.1, -0.05) is 41.7 Å². The summed E-state index contributed by atoms with van der Waals surface area (Å²) in [4.78, 5) is 4.71. The van der Waals surface area contributed by atoms with Crippen LogP contribution in [-0.4, -0.2) is 29.9 Å². The SMILES string of the molecule is CCc1c(Cl)c(-c2cc(/C=C(Cl)\C(=N\OC)OC)c(Cl)cc2C)nn1C. The molecule has 0 saturated heterocycles. The summed E-state index contributed by atoms with van der Waals surface area (Å²) in [6, 6.07) is 3.75. The molecule has 8 heteroatoms. The van der Waals surface area contributed by atoms with Gasteiger partial charge in [0.2, 0.25) is 0 Å². The molecule has 26 heavy (non-hydrogen) atoms. The fourth-order valence-corrected chi connectivity index (χ4v) is 3.50. The number of ether oxygens (including phenoxy) is 1. The van der Waals surface area contributed by atoms with Gasteiger partial charge >= 0.3 is 0 Å². The van der Waals surface area contributed by atoms with Gasteiger partial charge in [-0.15, -0.1) is 0 Å². The lowest BCUT2D eigenvalue weighted by molar-refractivity contribution is 0.200. The molecule has 140 valence electrons. The minimum absolute atomic E-state index is 0.150. The van der Waals surface area contributed by atoms with Crippen molar-refractivity contribution in [2.24, 2.45) is 12.2 Å². The molecule has 0 amide bonds. The molecule has 0 atom stereocenters. The molecular weight excluding hydrogens is 397 g/mol. The number of methoxy groups -OCH3 is 1. The van der Waals surface area contributed by atoms with E-state index >= 15 is 0 Å². The number of aromatic nitrogens is 2. The standard InChI is InChI=1S/C18H20Cl3N3O2/c1-6-15-16(21)17(22-24(15)3)12-8-11(13(19)7-10(12)2)9-14(20)18(25-4)23-26-5/h7-9H,6H2,1-5H3/b14-9+,23-18-. The maximum atomic E-state index is 6.53.